The highest BCUT2D eigenvalue weighted by atomic mass is 32.2. The second-order valence-electron chi connectivity index (χ2n) is 4.01. The van der Waals surface area contributed by atoms with Crippen LogP contribution in [0, 0.1) is 13.8 Å². The van der Waals surface area contributed by atoms with Gasteiger partial charge in [-0.15, -0.1) is 11.3 Å². The molecule has 0 aliphatic rings. The van der Waals surface area contributed by atoms with Crippen LogP contribution in [0.25, 0.3) is 0 Å². The highest BCUT2D eigenvalue weighted by Crippen LogP contribution is 2.18. The molecule has 2 rings (SSSR count). The summed E-state index contributed by atoms with van der Waals surface area (Å²) in [6, 6.07) is 0. The second kappa shape index (κ2) is 5.37. The van der Waals surface area contributed by atoms with Gasteiger partial charge < -0.3 is 5.73 Å². The standard InChI is InChI=1S/C10H15N5O2S2/c1-6-9(18-5-12-6)4-13-19(16,17)10-7(2)14-15-8(10)3-11/h5,13H,3-4,11H2,1-2H3,(H,14,15). The van der Waals surface area contributed by atoms with Crippen LogP contribution in [0.5, 0.6) is 0 Å². The normalized spacial score (nSPS) is 11.9. The largest absolute Gasteiger partial charge is 0.325 e. The Morgan fingerprint density at radius 2 is 2.21 bits per heavy atom. The van der Waals surface area contributed by atoms with Crippen LogP contribution in [-0.2, 0) is 23.1 Å². The van der Waals surface area contributed by atoms with Gasteiger partial charge in [0.2, 0.25) is 10.0 Å². The number of H-pyrrole nitrogens is 1. The molecule has 9 heteroatoms. The minimum absolute atomic E-state index is 0.0696. The van der Waals surface area contributed by atoms with Crippen molar-refractivity contribution >= 4 is 21.4 Å². The lowest BCUT2D eigenvalue weighted by Gasteiger charge is -2.06. The Kier molecular flexibility index (Phi) is 3.99. The third-order valence-corrected chi connectivity index (χ3v) is 5.23. The van der Waals surface area contributed by atoms with Crippen LogP contribution < -0.4 is 10.5 Å². The molecule has 0 amide bonds. The summed E-state index contributed by atoms with van der Waals surface area (Å²) < 4.78 is 27.1. The second-order valence-corrected chi connectivity index (χ2v) is 6.66. The van der Waals surface area contributed by atoms with Crippen LogP contribution in [0.3, 0.4) is 0 Å². The van der Waals surface area contributed by atoms with E-state index in [0.717, 1.165) is 10.6 Å². The van der Waals surface area contributed by atoms with Gasteiger partial charge in [-0.3, -0.25) is 5.10 Å². The third-order valence-electron chi connectivity index (χ3n) is 2.69. The monoisotopic (exact) mass is 301 g/mol. The summed E-state index contributed by atoms with van der Waals surface area (Å²) in [5.41, 5.74) is 8.83. The minimum Gasteiger partial charge on any atom is -0.325 e. The number of nitrogens with two attached hydrogens (primary N) is 1. The lowest BCUT2D eigenvalue weighted by molar-refractivity contribution is 0.580. The van der Waals surface area contributed by atoms with Gasteiger partial charge in [0.05, 0.1) is 22.6 Å². The summed E-state index contributed by atoms with van der Waals surface area (Å²) in [5.74, 6) is 0. The average Bonchev–Trinajstić information content (AvgIpc) is 2.93. The summed E-state index contributed by atoms with van der Waals surface area (Å²) in [5, 5.41) is 6.52. The number of aromatic amines is 1. The highest BCUT2D eigenvalue weighted by molar-refractivity contribution is 7.89. The Balaban J connectivity index is 2.23. The van der Waals surface area contributed by atoms with Crippen LogP contribution in [-0.4, -0.2) is 23.6 Å². The topological polar surface area (TPSA) is 114 Å². The third kappa shape index (κ3) is 2.84. The van der Waals surface area contributed by atoms with E-state index in [2.05, 4.69) is 19.9 Å². The maximum atomic E-state index is 12.3. The van der Waals surface area contributed by atoms with Crippen molar-refractivity contribution in [1.82, 2.24) is 19.9 Å². The maximum Gasteiger partial charge on any atom is 0.244 e. The number of rotatable bonds is 5. The summed E-state index contributed by atoms with van der Waals surface area (Å²) in [7, 11) is -3.63. The molecule has 104 valence electrons. The lowest BCUT2D eigenvalue weighted by atomic mass is 10.4. The van der Waals surface area contributed by atoms with Crippen molar-refractivity contribution in [3.05, 3.63) is 27.5 Å². The molecule has 0 radical (unpaired) electrons. The van der Waals surface area contributed by atoms with Crippen LogP contribution in [0.4, 0.5) is 0 Å². The van der Waals surface area contributed by atoms with Gasteiger partial charge in [-0.25, -0.2) is 18.1 Å². The molecule has 2 aromatic rings. The van der Waals surface area contributed by atoms with Crippen LogP contribution >= 0.6 is 11.3 Å². The molecule has 0 aliphatic carbocycles. The Morgan fingerprint density at radius 1 is 1.47 bits per heavy atom. The van der Waals surface area contributed by atoms with Crippen molar-refractivity contribution < 1.29 is 8.42 Å². The van der Waals surface area contributed by atoms with E-state index < -0.39 is 10.0 Å². The van der Waals surface area contributed by atoms with Crippen molar-refractivity contribution in [2.24, 2.45) is 5.73 Å². The van der Waals surface area contributed by atoms with Gasteiger partial charge in [-0.1, -0.05) is 0 Å². The molecule has 0 unspecified atom stereocenters. The highest BCUT2D eigenvalue weighted by Gasteiger charge is 2.23. The van der Waals surface area contributed by atoms with Crippen molar-refractivity contribution in [1.29, 1.82) is 0 Å². The van der Waals surface area contributed by atoms with E-state index in [0.29, 0.717) is 11.4 Å². The molecule has 0 spiro atoms. The molecule has 0 aromatic carbocycles. The number of aromatic nitrogens is 3. The number of nitrogens with zero attached hydrogens (tertiary/aromatic N) is 2. The summed E-state index contributed by atoms with van der Waals surface area (Å²) in [6.45, 7) is 3.78. The number of hydrogen-bond acceptors (Lipinski definition) is 6. The maximum absolute atomic E-state index is 12.3. The molecular weight excluding hydrogens is 286 g/mol. The van der Waals surface area contributed by atoms with Gasteiger partial charge in [0.1, 0.15) is 4.90 Å². The first-order chi connectivity index (χ1) is 8.95. The predicted molar refractivity (Wildman–Crippen MR) is 72.1 cm³/mol. The van der Waals surface area contributed by atoms with Crippen molar-refractivity contribution in [3.8, 4) is 0 Å². The molecule has 0 aliphatic heterocycles. The Morgan fingerprint density at radius 3 is 2.79 bits per heavy atom. The fourth-order valence-electron chi connectivity index (χ4n) is 1.69. The number of hydrogen-bond donors (Lipinski definition) is 3. The van der Waals surface area contributed by atoms with E-state index in [1.165, 1.54) is 11.3 Å². The minimum atomic E-state index is -3.63. The van der Waals surface area contributed by atoms with E-state index in [9.17, 15) is 8.42 Å². The van der Waals surface area contributed by atoms with E-state index in [1.54, 1.807) is 12.4 Å². The van der Waals surface area contributed by atoms with Crippen molar-refractivity contribution in [2.75, 3.05) is 0 Å². The van der Waals surface area contributed by atoms with Crippen molar-refractivity contribution in [3.63, 3.8) is 0 Å². The number of aryl methyl sites for hydroxylation is 2. The van der Waals surface area contributed by atoms with E-state index >= 15 is 0 Å². The van der Waals surface area contributed by atoms with Crippen LogP contribution in [0.2, 0.25) is 0 Å². The van der Waals surface area contributed by atoms with E-state index in [1.807, 2.05) is 6.92 Å². The van der Waals surface area contributed by atoms with Crippen LogP contribution in [0.1, 0.15) is 22.0 Å². The number of thiazole rings is 1. The predicted octanol–water partition coefficient (Wildman–Crippen LogP) is 0.420. The summed E-state index contributed by atoms with van der Waals surface area (Å²) >= 11 is 1.42. The molecule has 0 saturated carbocycles. The van der Waals surface area contributed by atoms with E-state index in [-0.39, 0.29) is 18.0 Å². The molecule has 2 aromatic heterocycles. The van der Waals surface area contributed by atoms with Gasteiger partial charge in [-0.05, 0) is 13.8 Å². The van der Waals surface area contributed by atoms with Gasteiger partial charge in [-0.2, -0.15) is 5.10 Å². The Labute approximate surface area is 115 Å². The van der Waals surface area contributed by atoms with E-state index in [4.69, 9.17) is 5.73 Å². The molecule has 0 atom stereocenters. The first-order valence-corrected chi connectivity index (χ1v) is 7.94. The quantitative estimate of drug-likeness (QED) is 0.740. The average molecular weight is 301 g/mol. The zero-order valence-electron chi connectivity index (χ0n) is 10.6. The van der Waals surface area contributed by atoms with Gasteiger partial charge >= 0.3 is 0 Å². The SMILES string of the molecule is Cc1ncsc1CNS(=O)(=O)c1c(CN)n[nH]c1C. The molecule has 0 saturated heterocycles. The summed E-state index contributed by atoms with van der Waals surface area (Å²) in [6.07, 6.45) is 0. The van der Waals surface area contributed by atoms with Crippen molar-refractivity contribution in [2.45, 2.75) is 31.8 Å². The van der Waals surface area contributed by atoms with Gasteiger partial charge in [0.15, 0.2) is 0 Å². The smallest absolute Gasteiger partial charge is 0.244 e. The Bertz CT molecular complexity index is 674. The van der Waals surface area contributed by atoms with Crippen LogP contribution in [0.15, 0.2) is 10.4 Å². The molecule has 0 bridgehead atoms. The first kappa shape index (κ1) is 14.1. The summed E-state index contributed by atoms with van der Waals surface area (Å²) in [4.78, 5) is 5.10. The first-order valence-electron chi connectivity index (χ1n) is 5.58. The molecule has 7 nitrogen and oxygen atoms in total. The zero-order valence-corrected chi connectivity index (χ0v) is 12.2. The van der Waals surface area contributed by atoms with Gasteiger partial charge in [0.25, 0.3) is 0 Å². The number of nitrogens with one attached hydrogen (secondary N) is 2. The van der Waals surface area contributed by atoms with Gasteiger partial charge in [0, 0.05) is 18.0 Å². The fourth-order valence-corrected chi connectivity index (χ4v) is 3.87. The molecule has 4 N–H and O–H groups in total. The molecular formula is C10H15N5O2S2. The lowest BCUT2D eigenvalue weighted by Crippen LogP contribution is -2.25. The number of sulfonamides is 1. The molecule has 2 heterocycles. The molecule has 19 heavy (non-hydrogen) atoms. The Hall–Kier alpha value is -1.29. The zero-order chi connectivity index (χ0) is 14.0. The fraction of sp³-hybridized carbons (Fsp3) is 0.400. The molecule has 0 fully saturated rings.